The first kappa shape index (κ1) is 10.3. The van der Waals surface area contributed by atoms with Crippen LogP contribution in [0.2, 0.25) is 5.02 Å². The van der Waals surface area contributed by atoms with Crippen molar-refractivity contribution in [2.75, 3.05) is 13.1 Å². The number of halogens is 2. The van der Waals surface area contributed by atoms with E-state index in [1.807, 2.05) is 12.1 Å². The zero-order valence-corrected chi connectivity index (χ0v) is 9.43. The van der Waals surface area contributed by atoms with Crippen molar-refractivity contribution in [3.63, 3.8) is 0 Å². The van der Waals surface area contributed by atoms with Crippen molar-refractivity contribution in [1.29, 1.82) is 0 Å². The first-order chi connectivity index (χ1) is 6.74. The van der Waals surface area contributed by atoms with Gasteiger partial charge >= 0.3 is 0 Å². The molecule has 1 aliphatic heterocycles. The van der Waals surface area contributed by atoms with Gasteiger partial charge < -0.3 is 0 Å². The van der Waals surface area contributed by atoms with Gasteiger partial charge in [-0.3, -0.25) is 4.90 Å². The molecule has 2 rings (SSSR count). The Bertz CT molecular complexity index is 297. The fraction of sp³-hybridized carbons (Fsp3) is 0.455. The molecule has 1 saturated heterocycles. The molecule has 0 N–H and O–H groups in total. The summed E-state index contributed by atoms with van der Waals surface area (Å²) in [4.78, 5) is 2.38. The highest BCUT2D eigenvalue weighted by atomic mass is 35.5. The SMILES string of the molecule is Clc1ccc(CN2CCC(Cl)C2)cc1. The van der Waals surface area contributed by atoms with Crippen LogP contribution in [-0.2, 0) is 6.54 Å². The fourth-order valence-corrected chi connectivity index (χ4v) is 2.20. The molecule has 1 atom stereocenters. The Morgan fingerprint density at radius 3 is 2.57 bits per heavy atom. The molecular formula is C11H13Cl2N. The zero-order chi connectivity index (χ0) is 9.97. The summed E-state index contributed by atoms with van der Waals surface area (Å²) in [5, 5.41) is 1.13. The summed E-state index contributed by atoms with van der Waals surface area (Å²) in [6, 6.07) is 8.02. The maximum atomic E-state index is 6.04. The molecule has 76 valence electrons. The predicted octanol–water partition coefficient (Wildman–Crippen LogP) is 3.15. The first-order valence-corrected chi connectivity index (χ1v) is 5.66. The van der Waals surface area contributed by atoms with E-state index in [-0.39, 0.29) is 0 Å². The summed E-state index contributed by atoms with van der Waals surface area (Å²) in [6.45, 7) is 3.10. The van der Waals surface area contributed by atoms with Gasteiger partial charge in [0.2, 0.25) is 0 Å². The third-order valence-corrected chi connectivity index (χ3v) is 3.14. The Hall–Kier alpha value is -0.240. The maximum Gasteiger partial charge on any atom is 0.0475 e. The molecule has 0 spiro atoms. The number of hydrogen-bond acceptors (Lipinski definition) is 1. The first-order valence-electron chi connectivity index (χ1n) is 4.85. The molecule has 1 heterocycles. The third kappa shape index (κ3) is 2.63. The summed E-state index contributed by atoms with van der Waals surface area (Å²) in [6.07, 6.45) is 1.11. The Labute approximate surface area is 94.6 Å². The minimum atomic E-state index is 0.335. The van der Waals surface area contributed by atoms with Crippen LogP contribution in [-0.4, -0.2) is 23.4 Å². The normalized spacial score (nSPS) is 22.9. The quantitative estimate of drug-likeness (QED) is 0.705. The molecule has 0 saturated carbocycles. The van der Waals surface area contributed by atoms with E-state index < -0.39 is 0 Å². The van der Waals surface area contributed by atoms with Crippen LogP contribution in [0.3, 0.4) is 0 Å². The van der Waals surface area contributed by atoms with Crippen molar-refractivity contribution in [3.8, 4) is 0 Å². The molecule has 1 unspecified atom stereocenters. The second-order valence-electron chi connectivity index (χ2n) is 3.75. The smallest absolute Gasteiger partial charge is 0.0475 e. The van der Waals surface area contributed by atoms with E-state index in [0.29, 0.717) is 5.38 Å². The molecule has 14 heavy (non-hydrogen) atoms. The fourth-order valence-electron chi connectivity index (χ4n) is 1.78. The van der Waals surface area contributed by atoms with Crippen LogP contribution >= 0.6 is 23.2 Å². The van der Waals surface area contributed by atoms with Gasteiger partial charge in [-0.1, -0.05) is 23.7 Å². The van der Waals surface area contributed by atoms with Crippen LogP contribution in [0.5, 0.6) is 0 Å². The van der Waals surface area contributed by atoms with E-state index in [9.17, 15) is 0 Å². The maximum absolute atomic E-state index is 6.04. The highest BCUT2D eigenvalue weighted by molar-refractivity contribution is 6.30. The van der Waals surface area contributed by atoms with E-state index in [4.69, 9.17) is 23.2 Å². The molecule has 1 aromatic carbocycles. The number of hydrogen-bond donors (Lipinski definition) is 0. The number of benzene rings is 1. The second kappa shape index (κ2) is 4.52. The lowest BCUT2D eigenvalue weighted by Crippen LogP contribution is -2.20. The second-order valence-corrected chi connectivity index (χ2v) is 4.80. The Balaban J connectivity index is 1.94. The lowest BCUT2D eigenvalue weighted by atomic mass is 10.2. The minimum absolute atomic E-state index is 0.335. The Morgan fingerprint density at radius 1 is 1.29 bits per heavy atom. The molecule has 1 nitrogen and oxygen atoms in total. The van der Waals surface area contributed by atoms with Gasteiger partial charge in [-0.05, 0) is 30.7 Å². The molecule has 1 aliphatic rings. The molecule has 0 radical (unpaired) electrons. The lowest BCUT2D eigenvalue weighted by molar-refractivity contribution is 0.332. The van der Waals surface area contributed by atoms with Crippen molar-refractivity contribution >= 4 is 23.2 Å². The van der Waals surface area contributed by atoms with Crippen LogP contribution in [0.4, 0.5) is 0 Å². The molecule has 1 aromatic rings. The van der Waals surface area contributed by atoms with Crippen molar-refractivity contribution in [1.82, 2.24) is 4.90 Å². The highest BCUT2D eigenvalue weighted by Crippen LogP contribution is 2.18. The molecule has 1 fully saturated rings. The molecule has 0 aromatic heterocycles. The standard InChI is InChI=1S/C11H13Cl2N/c12-10-3-1-9(2-4-10)7-14-6-5-11(13)8-14/h1-4,11H,5-8H2. The van der Waals surface area contributed by atoms with Crippen LogP contribution in [0.15, 0.2) is 24.3 Å². The predicted molar refractivity (Wildman–Crippen MR) is 61.0 cm³/mol. The Morgan fingerprint density at radius 2 is 2.00 bits per heavy atom. The van der Waals surface area contributed by atoms with E-state index in [1.165, 1.54) is 5.56 Å². The molecule has 0 amide bonds. The number of alkyl halides is 1. The summed E-state index contributed by atoms with van der Waals surface area (Å²) in [5.41, 5.74) is 1.31. The number of rotatable bonds is 2. The van der Waals surface area contributed by atoms with Crippen LogP contribution in [0.25, 0.3) is 0 Å². The monoisotopic (exact) mass is 229 g/mol. The minimum Gasteiger partial charge on any atom is -0.298 e. The highest BCUT2D eigenvalue weighted by Gasteiger charge is 2.19. The van der Waals surface area contributed by atoms with Gasteiger partial charge in [-0.15, -0.1) is 11.6 Å². The van der Waals surface area contributed by atoms with Crippen molar-refractivity contribution in [3.05, 3.63) is 34.9 Å². The largest absolute Gasteiger partial charge is 0.298 e. The van der Waals surface area contributed by atoms with Gasteiger partial charge in [0.25, 0.3) is 0 Å². The van der Waals surface area contributed by atoms with Crippen LogP contribution < -0.4 is 0 Å². The average Bonchev–Trinajstić information content (AvgIpc) is 2.56. The summed E-state index contributed by atoms with van der Waals surface area (Å²) in [5.74, 6) is 0. The summed E-state index contributed by atoms with van der Waals surface area (Å²) in [7, 11) is 0. The molecule has 3 heteroatoms. The van der Waals surface area contributed by atoms with Crippen molar-refractivity contribution in [2.24, 2.45) is 0 Å². The van der Waals surface area contributed by atoms with E-state index in [1.54, 1.807) is 0 Å². The van der Waals surface area contributed by atoms with E-state index in [2.05, 4.69) is 17.0 Å². The van der Waals surface area contributed by atoms with Crippen LogP contribution in [0.1, 0.15) is 12.0 Å². The summed E-state index contributed by atoms with van der Waals surface area (Å²) < 4.78 is 0. The number of likely N-dealkylation sites (tertiary alicyclic amines) is 1. The van der Waals surface area contributed by atoms with Crippen molar-refractivity contribution in [2.45, 2.75) is 18.3 Å². The summed E-state index contributed by atoms with van der Waals surface area (Å²) >= 11 is 11.9. The van der Waals surface area contributed by atoms with Gasteiger partial charge in [0.1, 0.15) is 0 Å². The van der Waals surface area contributed by atoms with E-state index in [0.717, 1.165) is 31.1 Å². The number of nitrogens with zero attached hydrogens (tertiary/aromatic N) is 1. The van der Waals surface area contributed by atoms with E-state index >= 15 is 0 Å². The lowest BCUT2D eigenvalue weighted by Gasteiger charge is -2.14. The zero-order valence-electron chi connectivity index (χ0n) is 7.92. The molecular weight excluding hydrogens is 217 g/mol. The van der Waals surface area contributed by atoms with Gasteiger partial charge in [0.05, 0.1) is 0 Å². The van der Waals surface area contributed by atoms with Crippen LogP contribution in [0, 0.1) is 0 Å². The average molecular weight is 230 g/mol. The van der Waals surface area contributed by atoms with Gasteiger partial charge in [0.15, 0.2) is 0 Å². The molecule has 0 aliphatic carbocycles. The van der Waals surface area contributed by atoms with Gasteiger partial charge in [-0.25, -0.2) is 0 Å². The topological polar surface area (TPSA) is 3.24 Å². The van der Waals surface area contributed by atoms with Gasteiger partial charge in [-0.2, -0.15) is 0 Å². The third-order valence-electron chi connectivity index (χ3n) is 2.53. The Kier molecular flexibility index (Phi) is 3.32. The molecule has 0 bridgehead atoms. The van der Waals surface area contributed by atoms with Crippen molar-refractivity contribution < 1.29 is 0 Å². The van der Waals surface area contributed by atoms with Gasteiger partial charge in [0, 0.05) is 23.5 Å².